The predicted octanol–water partition coefficient (Wildman–Crippen LogP) is 4.66. The average molecular weight is 210 g/mol. The number of rotatable bonds is 11. The third-order valence-corrected chi connectivity index (χ3v) is 2.68. The summed E-state index contributed by atoms with van der Waals surface area (Å²) >= 11 is 0. The zero-order valence-electron chi connectivity index (χ0n) is 10.2. The van der Waals surface area contributed by atoms with Gasteiger partial charge in [0.25, 0.3) is 0 Å². The molecule has 0 rings (SSSR count). The summed E-state index contributed by atoms with van der Waals surface area (Å²) in [6, 6.07) is 0. The Morgan fingerprint density at radius 1 is 0.733 bits per heavy atom. The topological polar surface area (TPSA) is 17.1 Å². The molecule has 0 unspecified atom stereocenters. The molecule has 0 aromatic carbocycles. The lowest BCUT2D eigenvalue weighted by atomic mass is 10.1. The summed E-state index contributed by atoms with van der Waals surface area (Å²) in [6.07, 6.45) is 17.9. The van der Waals surface area contributed by atoms with Crippen molar-refractivity contribution >= 4 is 6.29 Å². The van der Waals surface area contributed by atoms with Crippen LogP contribution in [-0.2, 0) is 4.79 Å². The lowest BCUT2D eigenvalue weighted by molar-refractivity contribution is -0.107. The van der Waals surface area contributed by atoms with E-state index in [4.69, 9.17) is 0 Å². The van der Waals surface area contributed by atoms with E-state index in [0.717, 1.165) is 19.1 Å². The standard InChI is InChI=1S/C14H26O/c1-2-3-4-5-6-7-8-9-10-11-12-13-14-15/h2-3,14H,4-13H2,1H3/b3-2-. The van der Waals surface area contributed by atoms with E-state index in [1.165, 1.54) is 51.4 Å². The molecule has 0 spiro atoms. The molecule has 0 N–H and O–H groups in total. The number of allylic oxidation sites excluding steroid dienone is 2. The van der Waals surface area contributed by atoms with Crippen molar-refractivity contribution in [2.24, 2.45) is 0 Å². The van der Waals surface area contributed by atoms with Crippen molar-refractivity contribution in [2.75, 3.05) is 0 Å². The third kappa shape index (κ3) is 13.4. The van der Waals surface area contributed by atoms with Crippen LogP contribution in [0.15, 0.2) is 12.2 Å². The van der Waals surface area contributed by atoms with Crippen LogP contribution in [0.4, 0.5) is 0 Å². The highest BCUT2D eigenvalue weighted by atomic mass is 16.1. The van der Waals surface area contributed by atoms with Gasteiger partial charge in [-0.3, -0.25) is 0 Å². The first-order chi connectivity index (χ1) is 7.41. The molecule has 0 heterocycles. The maximum absolute atomic E-state index is 10.1. The van der Waals surface area contributed by atoms with Crippen molar-refractivity contribution < 1.29 is 4.79 Å². The Balaban J connectivity index is 2.89. The number of carbonyl (C=O) groups is 1. The number of hydrogen-bond donors (Lipinski definition) is 0. The van der Waals surface area contributed by atoms with Gasteiger partial charge in [0, 0.05) is 6.42 Å². The molecule has 0 bridgehead atoms. The van der Waals surface area contributed by atoms with Crippen LogP contribution in [0, 0.1) is 0 Å². The molecule has 0 aliphatic carbocycles. The molecular weight excluding hydrogens is 184 g/mol. The Kier molecular flexibility index (Phi) is 12.9. The van der Waals surface area contributed by atoms with E-state index >= 15 is 0 Å². The second kappa shape index (κ2) is 13.4. The Bertz CT molecular complexity index is 149. The molecule has 88 valence electrons. The zero-order valence-corrected chi connectivity index (χ0v) is 10.2. The van der Waals surface area contributed by atoms with Gasteiger partial charge in [-0.25, -0.2) is 0 Å². The first kappa shape index (κ1) is 14.4. The van der Waals surface area contributed by atoms with E-state index in [-0.39, 0.29) is 0 Å². The lowest BCUT2D eigenvalue weighted by Crippen LogP contribution is -1.82. The van der Waals surface area contributed by atoms with Gasteiger partial charge >= 0.3 is 0 Å². The molecule has 0 aliphatic heterocycles. The molecule has 1 nitrogen and oxygen atoms in total. The minimum Gasteiger partial charge on any atom is -0.303 e. The van der Waals surface area contributed by atoms with Crippen LogP contribution in [-0.4, -0.2) is 6.29 Å². The summed E-state index contributed by atoms with van der Waals surface area (Å²) in [4.78, 5) is 10.1. The summed E-state index contributed by atoms with van der Waals surface area (Å²) in [7, 11) is 0. The Morgan fingerprint density at radius 2 is 1.20 bits per heavy atom. The molecule has 0 aromatic rings. The molecule has 0 saturated heterocycles. The van der Waals surface area contributed by atoms with Gasteiger partial charge < -0.3 is 4.79 Å². The SMILES string of the molecule is C/C=C\CCCCCCCCCCC=O. The summed E-state index contributed by atoms with van der Waals surface area (Å²) < 4.78 is 0. The van der Waals surface area contributed by atoms with Crippen molar-refractivity contribution in [1.82, 2.24) is 0 Å². The van der Waals surface area contributed by atoms with E-state index in [0.29, 0.717) is 0 Å². The van der Waals surface area contributed by atoms with Crippen LogP contribution < -0.4 is 0 Å². The van der Waals surface area contributed by atoms with Gasteiger partial charge in [0.1, 0.15) is 6.29 Å². The predicted molar refractivity (Wildman–Crippen MR) is 67.0 cm³/mol. The normalized spacial score (nSPS) is 11.0. The van der Waals surface area contributed by atoms with Gasteiger partial charge in [-0.1, -0.05) is 50.7 Å². The van der Waals surface area contributed by atoms with E-state index in [9.17, 15) is 4.79 Å². The minimum absolute atomic E-state index is 0.753. The summed E-state index contributed by atoms with van der Waals surface area (Å²) in [5, 5.41) is 0. The van der Waals surface area contributed by atoms with E-state index in [2.05, 4.69) is 19.1 Å². The number of aldehydes is 1. The van der Waals surface area contributed by atoms with Crippen LogP contribution in [0.3, 0.4) is 0 Å². The van der Waals surface area contributed by atoms with Crippen LogP contribution in [0.2, 0.25) is 0 Å². The highest BCUT2D eigenvalue weighted by Gasteiger charge is 1.91. The van der Waals surface area contributed by atoms with E-state index in [1.807, 2.05) is 0 Å². The van der Waals surface area contributed by atoms with Gasteiger partial charge in [0.15, 0.2) is 0 Å². The third-order valence-electron chi connectivity index (χ3n) is 2.68. The Labute approximate surface area is 95.0 Å². The maximum Gasteiger partial charge on any atom is 0.119 e. The quantitative estimate of drug-likeness (QED) is 0.275. The monoisotopic (exact) mass is 210 g/mol. The average Bonchev–Trinajstić information content (AvgIpc) is 2.26. The smallest absolute Gasteiger partial charge is 0.119 e. The van der Waals surface area contributed by atoms with Gasteiger partial charge in [-0.15, -0.1) is 0 Å². The largest absolute Gasteiger partial charge is 0.303 e. The zero-order chi connectivity index (χ0) is 11.2. The second-order valence-corrected chi connectivity index (χ2v) is 4.14. The minimum atomic E-state index is 0.753. The van der Waals surface area contributed by atoms with Crippen molar-refractivity contribution in [2.45, 2.75) is 71.1 Å². The van der Waals surface area contributed by atoms with E-state index < -0.39 is 0 Å². The van der Waals surface area contributed by atoms with Gasteiger partial charge in [-0.2, -0.15) is 0 Å². The summed E-state index contributed by atoms with van der Waals surface area (Å²) in [5.74, 6) is 0. The molecule has 0 atom stereocenters. The molecule has 0 fully saturated rings. The Morgan fingerprint density at radius 3 is 1.67 bits per heavy atom. The van der Waals surface area contributed by atoms with Crippen molar-refractivity contribution in [3.8, 4) is 0 Å². The van der Waals surface area contributed by atoms with Gasteiger partial charge in [0.2, 0.25) is 0 Å². The molecule has 15 heavy (non-hydrogen) atoms. The van der Waals surface area contributed by atoms with Crippen molar-refractivity contribution in [3.63, 3.8) is 0 Å². The fourth-order valence-corrected chi connectivity index (χ4v) is 1.72. The fraction of sp³-hybridized carbons (Fsp3) is 0.786. The molecule has 0 aromatic heterocycles. The number of unbranched alkanes of at least 4 members (excludes halogenated alkanes) is 9. The summed E-state index contributed by atoms with van der Waals surface area (Å²) in [6.45, 7) is 2.08. The first-order valence-corrected chi connectivity index (χ1v) is 6.46. The molecule has 1 heteroatoms. The van der Waals surface area contributed by atoms with Crippen LogP contribution in [0.1, 0.15) is 71.1 Å². The highest BCUT2D eigenvalue weighted by Crippen LogP contribution is 2.10. The molecule has 0 saturated carbocycles. The van der Waals surface area contributed by atoms with Crippen molar-refractivity contribution in [1.29, 1.82) is 0 Å². The maximum atomic E-state index is 10.1. The first-order valence-electron chi connectivity index (χ1n) is 6.46. The molecule has 0 amide bonds. The molecular formula is C14H26O. The van der Waals surface area contributed by atoms with Gasteiger partial charge in [0.05, 0.1) is 0 Å². The fourth-order valence-electron chi connectivity index (χ4n) is 1.72. The molecule has 0 radical (unpaired) electrons. The van der Waals surface area contributed by atoms with Crippen LogP contribution in [0.25, 0.3) is 0 Å². The summed E-state index contributed by atoms with van der Waals surface area (Å²) in [5.41, 5.74) is 0. The molecule has 0 aliphatic rings. The lowest BCUT2D eigenvalue weighted by Gasteiger charge is -2.00. The van der Waals surface area contributed by atoms with Gasteiger partial charge in [-0.05, 0) is 26.2 Å². The number of carbonyl (C=O) groups excluding carboxylic acids is 1. The Hall–Kier alpha value is -0.590. The highest BCUT2D eigenvalue weighted by molar-refractivity contribution is 5.48. The van der Waals surface area contributed by atoms with Crippen LogP contribution >= 0.6 is 0 Å². The number of hydrogen-bond acceptors (Lipinski definition) is 1. The second-order valence-electron chi connectivity index (χ2n) is 4.14. The van der Waals surface area contributed by atoms with Crippen molar-refractivity contribution in [3.05, 3.63) is 12.2 Å². The van der Waals surface area contributed by atoms with Crippen LogP contribution in [0.5, 0.6) is 0 Å². The van der Waals surface area contributed by atoms with E-state index in [1.54, 1.807) is 0 Å².